The Morgan fingerprint density at radius 3 is 2.48 bits per heavy atom. The van der Waals surface area contributed by atoms with Crippen LogP contribution in [-0.4, -0.2) is 52.0 Å². The van der Waals surface area contributed by atoms with E-state index < -0.39 is 0 Å². The van der Waals surface area contributed by atoms with Gasteiger partial charge in [0.05, 0.1) is 24.4 Å². The lowest BCUT2D eigenvalue weighted by atomic mass is 9.58. The van der Waals surface area contributed by atoms with Crippen molar-refractivity contribution in [1.29, 1.82) is 0 Å². The van der Waals surface area contributed by atoms with Crippen LogP contribution in [0.4, 0.5) is 0 Å². The van der Waals surface area contributed by atoms with Crippen LogP contribution >= 0.6 is 0 Å². The monoisotopic (exact) mass is 293 g/mol. The zero-order valence-electron chi connectivity index (χ0n) is 13.6. The van der Waals surface area contributed by atoms with Gasteiger partial charge in [0.25, 0.3) is 0 Å². The number of likely N-dealkylation sites (tertiary alicyclic amines) is 1. The maximum atomic E-state index is 10.2. The molecule has 2 heterocycles. The standard InChI is InChI=1S/C16H27N3O2/c1-11-12(2)18(3)15(17-11)10-19-7-5-16(6-8-19)13(20)9-14(16)21-4/h13-14,20H,5-10H2,1-4H3/t13-,14+/m1/s1. The van der Waals surface area contributed by atoms with Crippen molar-refractivity contribution in [3.63, 3.8) is 0 Å². The van der Waals surface area contributed by atoms with Crippen LogP contribution in [0, 0.1) is 19.3 Å². The van der Waals surface area contributed by atoms with Gasteiger partial charge in [-0.05, 0) is 39.8 Å². The number of methoxy groups -OCH3 is 1. The fourth-order valence-corrected chi connectivity index (χ4v) is 3.97. The van der Waals surface area contributed by atoms with E-state index in [0.717, 1.165) is 50.4 Å². The lowest BCUT2D eigenvalue weighted by Gasteiger charge is -2.56. The van der Waals surface area contributed by atoms with E-state index in [2.05, 4.69) is 35.3 Å². The maximum absolute atomic E-state index is 10.2. The Labute approximate surface area is 126 Å². The molecule has 5 heteroatoms. The minimum atomic E-state index is -0.178. The molecule has 0 radical (unpaired) electrons. The van der Waals surface area contributed by atoms with Gasteiger partial charge in [0.1, 0.15) is 5.82 Å². The predicted octanol–water partition coefficient (Wildman–Crippen LogP) is 1.40. The van der Waals surface area contributed by atoms with E-state index in [1.807, 2.05) is 0 Å². The third-order valence-electron chi connectivity index (χ3n) is 5.89. The first-order valence-corrected chi connectivity index (χ1v) is 7.90. The van der Waals surface area contributed by atoms with Crippen molar-refractivity contribution in [1.82, 2.24) is 14.5 Å². The van der Waals surface area contributed by atoms with E-state index in [9.17, 15) is 5.11 Å². The summed E-state index contributed by atoms with van der Waals surface area (Å²) < 4.78 is 7.74. The normalized spacial score (nSPS) is 28.8. The topological polar surface area (TPSA) is 50.5 Å². The highest BCUT2D eigenvalue weighted by Crippen LogP contribution is 2.50. The molecule has 0 bridgehead atoms. The SMILES string of the molecule is CO[C@H]1C[C@@H](O)C12CCN(Cc1nc(C)c(C)n1C)CC2. The van der Waals surface area contributed by atoms with Crippen LogP contribution in [0.25, 0.3) is 0 Å². The van der Waals surface area contributed by atoms with Crippen LogP contribution in [-0.2, 0) is 18.3 Å². The molecule has 118 valence electrons. The lowest BCUT2D eigenvalue weighted by Crippen LogP contribution is -2.62. The first-order chi connectivity index (χ1) is 9.98. The van der Waals surface area contributed by atoms with E-state index >= 15 is 0 Å². The van der Waals surface area contributed by atoms with Crippen molar-refractivity contribution in [2.24, 2.45) is 12.5 Å². The molecule has 1 saturated heterocycles. The minimum Gasteiger partial charge on any atom is -0.392 e. The Bertz CT molecular complexity index is 518. The molecule has 1 spiro atoms. The smallest absolute Gasteiger partial charge is 0.123 e. The highest BCUT2D eigenvalue weighted by atomic mass is 16.5. The molecule has 2 atom stereocenters. The van der Waals surface area contributed by atoms with Gasteiger partial charge in [0.15, 0.2) is 0 Å². The summed E-state index contributed by atoms with van der Waals surface area (Å²) in [5.41, 5.74) is 2.38. The second kappa shape index (κ2) is 5.38. The Morgan fingerprint density at radius 2 is 2.00 bits per heavy atom. The number of nitrogens with zero attached hydrogens (tertiary/aromatic N) is 3. The number of aryl methyl sites for hydroxylation is 1. The molecule has 1 saturated carbocycles. The van der Waals surface area contributed by atoms with Gasteiger partial charge < -0.3 is 14.4 Å². The highest BCUT2D eigenvalue weighted by Gasteiger charge is 2.55. The van der Waals surface area contributed by atoms with Gasteiger partial charge in [-0.25, -0.2) is 4.98 Å². The number of ether oxygens (including phenoxy) is 1. The van der Waals surface area contributed by atoms with Gasteiger partial charge in [-0.15, -0.1) is 0 Å². The molecule has 0 unspecified atom stereocenters. The van der Waals surface area contributed by atoms with Gasteiger partial charge in [-0.3, -0.25) is 4.90 Å². The Morgan fingerprint density at radius 1 is 1.33 bits per heavy atom. The summed E-state index contributed by atoms with van der Waals surface area (Å²) in [4.78, 5) is 7.12. The van der Waals surface area contributed by atoms with E-state index in [-0.39, 0.29) is 17.6 Å². The molecule has 1 N–H and O–H groups in total. The second-order valence-corrected chi connectivity index (χ2v) is 6.74. The molecule has 1 aliphatic heterocycles. The molecular weight excluding hydrogens is 266 g/mol. The molecule has 21 heavy (non-hydrogen) atoms. The molecule has 1 aromatic rings. The zero-order valence-corrected chi connectivity index (χ0v) is 13.6. The average molecular weight is 293 g/mol. The number of aliphatic hydroxyl groups excluding tert-OH is 1. The van der Waals surface area contributed by atoms with E-state index in [4.69, 9.17) is 4.74 Å². The maximum Gasteiger partial charge on any atom is 0.123 e. The van der Waals surface area contributed by atoms with E-state index in [1.165, 1.54) is 5.69 Å². The van der Waals surface area contributed by atoms with E-state index in [0.29, 0.717) is 0 Å². The minimum absolute atomic E-state index is 0.0126. The molecule has 1 aliphatic carbocycles. The number of piperidine rings is 1. The molecule has 0 aromatic carbocycles. The quantitative estimate of drug-likeness (QED) is 0.915. The van der Waals surface area contributed by atoms with Gasteiger partial charge in [-0.1, -0.05) is 0 Å². The molecule has 3 rings (SSSR count). The van der Waals surface area contributed by atoms with Crippen molar-refractivity contribution in [2.75, 3.05) is 20.2 Å². The summed E-state index contributed by atoms with van der Waals surface area (Å²) in [5.74, 6) is 1.14. The average Bonchev–Trinajstić information content (AvgIpc) is 2.72. The van der Waals surface area contributed by atoms with Crippen molar-refractivity contribution in [2.45, 2.75) is 51.9 Å². The summed E-state index contributed by atoms with van der Waals surface area (Å²) in [5, 5.41) is 10.2. The summed E-state index contributed by atoms with van der Waals surface area (Å²) in [6.45, 7) is 7.11. The number of hydrogen-bond donors (Lipinski definition) is 1. The summed E-state index contributed by atoms with van der Waals surface area (Å²) in [6, 6.07) is 0. The molecule has 2 fully saturated rings. The number of hydrogen-bond acceptors (Lipinski definition) is 4. The largest absolute Gasteiger partial charge is 0.392 e. The number of imidazole rings is 1. The Balaban J connectivity index is 1.62. The third kappa shape index (κ3) is 2.31. The summed E-state index contributed by atoms with van der Waals surface area (Å²) in [7, 11) is 3.86. The molecule has 1 aromatic heterocycles. The number of aliphatic hydroxyl groups is 1. The van der Waals surface area contributed by atoms with Crippen molar-refractivity contribution in [3.05, 3.63) is 17.2 Å². The van der Waals surface area contributed by atoms with Crippen LogP contribution in [0.15, 0.2) is 0 Å². The molecule has 2 aliphatic rings. The predicted molar refractivity (Wildman–Crippen MR) is 81.0 cm³/mol. The van der Waals surface area contributed by atoms with Crippen LogP contribution in [0.1, 0.15) is 36.5 Å². The van der Waals surface area contributed by atoms with Gasteiger partial charge in [0, 0.05) is 31.7 Å². The lowest BCUT2D eigenvalue weighted by molar-refractivity contribution is -0.201. The van der Waals surface area contributed by atoms with Gasteiger partial charge in [-0.2, -0.15) is 0 Å². The van der Waals surface area contributed by atoms with Crippen LogP contribution in [0.3, 0.4) is 0 Å². The summed E-state index contributed by atoms with van der Waals surface area (Å²) >= 11 is 0. The molecular formula is C16H27N3O2. The molecule has 0 amide bonds. The van der Waals surface area contributed by atoms with E-state index in [1.54, 1.807) is 7.11 Å². The van der Waals surface area contributed by atoms with Crippen LogP contribution in [0.5, 0.6) is 0 Å². The Hall–Kier alpha value is -0.910. The summed E-state index contributed by atoms with van der Waals surface area (Å²) in [6.07, 6.45) is 2.91. The number of aromatic nitrogens is 2. The number of rotatable bonds is 3. The van der Waals surface area contributed by atoms with Crippen LogP contribution < -0.4 is 0 Å². The van der Waals surface area contributed by atoms with Gasteiger partial charge in [0.2, 0.25) is 0 Å². The van der Waals surface area contributed by atoms with Crippen molar-refractivity contribution < 1.29 is 9.84 Å². The third-order valence-corrected chi connectivity index (χ3v) is 5.89. The fourth-order valence-electron chi connectivity index (χ4n) is 3.97. The first-order valence-electron chi connectivity index (χ1n) is 7.90. The fraction of sp³-hybridized carbons (Fsp3) is 0.812. The van der Waals surface area contributed by atoms with Crippen molar-refractivity contribution >= 4 is 0 Å². The first kappa shape index (κ1) is 15.0. The Kier molecular flexibility index (Phi) is 3.84. The van der Waals surface area contributed by atoms with Crippen molar-refractivity contribution in [3.8, 4) is 0 Å². The highest BCUT2D eigenvalue weighted by molar-refractivity contribution is 5.14. The van der Waals surface area contributed by atoms with Gasteiger partial charge >= 0.3 is 0 Å². The second-order valence-electron chi connectivity index (χ2n) is 6.74. The molecule has 5 nitrogen and oxygen atoms in total. The zero-order chi connectivity index (χ0) is 15.2. The van der Waals surface area contributed by atoms with Crippen LogP contribution in [0.2, 0.25) is 0 Å².